The summed E-state index contributed by atoms with van der Waals surface area (Å²) in [6, 6.07) is 9.27. The molecular formula is C15H13BrF2O. The normalized spacial score (nSPS) is 10.5. The van der Waals surface area contributed by atoms with Crippen molar-refractivity contribution in [2.45, 2.75) is 18.9 Å². The number of halogens is 3. The molecule has 2 aromatic carbocycles. The lowest BCUT2D eigenvalue weighted by molar-refractivity contribution is 0.297. The average molecular weight is 327 g/mol. The molecule has 0 bridgehead atoms. The first-order chi connectivity index (χ1) is 9.10. The van der Waals surface area contributed by atoms with E-state index in [1.807, 2.05) is 25.1 Å². The van der Waals surface area contributed by atoms with Crippen molar-refractivity contribution in [3.63, 3.8) is 0 Å². The van der Waals surface area contributed by atoms with Crippen LogP contribution in [-0.2, 0) is 11.9 Å². The van der Waals surface area contributed by atoms with Crippen LogP contribution in [0.2, 0.25) is 0 Å². The molecule has 0 aliphatic rings. The van der Waals surface area contributed by atoms with E-state index in [-0.39, 0.29) is 6.61 Å². The largest absolute Gasteiger partial charge is 0.488 e. The van der Waals surface area contributed by atoms with Gasteiger partial charge < -0.3 is 4.74 Å². The van der Waals surface area contributed by atoms with Gasteiger partial charge in [-0.05, 0) is 25.1 Å². The maximum atomic E-state index is 13.5. The van der Waals surface area contributed by atoms with Gasteiger partial charge in [-0.15, -0.1) is 0 Å². The van der Waals surface area contributed by atoms with Crippen LogP contribution < -0.4 is 4.74 Å². The van der Waals surface area contributed by atoms with Crippen molar-refractivity contribution in [2.24, 2.45) is 0 Å². The maximum Gasteiger partial charge on any atom is 0.132 e. The van der Waals surface area contributed by atoms with E-state index in [2.05, 4.69) is 15.9 Å². The molecule has 0 atom stereocenters. The van der Waals surface area contributed by atoms with Gasteiger partial charge in [0.05, 0.1) is 0 Å². The molecule has 0 aromatic heterocycles. The van der Waals surface area contributed by atoms with E-state index in [0.717, 1.165) is 17.2 Å². The van der Waals surface area contributed by atoms with Crippen LogP contribution in [0.5, 0.6) is 5.75 Å². The maximum absolute atomic E-state index is 13.5. The minimum absolute atomic E-state index is 0.0785. The number of alkyl halides is 1. The fourth-order valence-electron chi connectivity index (χ4n) is 1.75. The van der Waals surface area contributed by atoms with E-state index in [9.17, 15) is 8.78 Å². The third-order valence-electron chi connectivity index (χ3n) is 2.76. The minimum atomic E-state index is -0.590. The van der Waals surface area contributed by atoms with Crippen LogP contribution in [-0.4, -0.2) is 0 Å². The van der Waals surface area contributed by atoms with Crippen molar-refractivity contribution in [1.82, 2.24) is 0 Å². The Labute approximate surface area is 119 Å². The summed E-state index contributed by atoms with van der Waals surface area (Å²) in [6.45, 7) is 2.07. The molecule has 0 heterocycles. The Morgan fingerprint density at radius 3 is 2.53 bits per heavy atom. The first kappa shape index (κ1) is 14.0. The molecule has 2 rings (SSSR count). The van der Waals surface area contributed by atoms with Gasteiger partial charge in [-0.1, -0.05) is 33.6 Å². The average Bonchev–Trinajstić information content (AvgIpc) is 2.39. The summed E-state index contributed by atoms with van der Waals surface area (Å²) in [6.07, 6.45) is 0. The molecule has 0 spiro atoms. The van der Waals surface area contributed by atoms with Crippen molar-refractivity contribution < 1.29 is 13.5 Å². The molecule has 0 aliphatic carbocycles. The lowest BCUT2D eigenvalue weighted by atomic mass is 10.1. The van der Waals surface area contributed by atoms with Crippen molar-refractivity contribution in [3.8, 4) is 5.75 Å². The van der Waals surface area contributed by atoms with Crippen molar-refractivity contribution in [2.75, 3.05) is 0 Å². The predicted octanol–water partition coefficient (Wildman–Crippen LogP) is 4.75. The van der Waals surface area contributed by atoms with Gasteiger partial charge in [0.25, 0.3) is 0 Å². The molecule has 1 nitrogen and oxygen atoms in total. The highest BCUT2D eigenvalue weighted by Gasteiger charge is 2.07. The predicted molar refractivity (Wildman–Crippen MR) is 74.5 cm³/mol. The van der Waals surface area contributed by atoms with Crippen LogP contribution >= 0.6 is 15.9 Å². The SMILES string of the molecule is Cc1ccc(OCc2ccc(F)cc2F)c(CBr)c1. The van der Waals surface area contributed by atoms with E-state index in [1.165, 1.54) is 12.1 Å². The van der Waals surface area contributed by atoms with E-state index < -0.39 is 11.6 Å². The van der Waals surface area contributed by atoms with Crippen molar-refractivity contribution >= 4 is 15.9 Å². The highest BCUT2D eigenvalue weighted by molar-refractivity contribution is 9.08. The fraction of sp³-hybridized carbons (Fsp3) is 0.200. The lowest BCUT2D eigenvalue weighted by Gasteiger charge is -2.11. The van der Waals surface area contributed by atoms with Crippen molar-refractivity contribution in [1.29, 1.82) is 0 Å². The van der Waals surface area contributed by atoms with Crippen LogP contribution in [0, 0.1) is 18.6 Å². The summed E-state index contributed by atoms with van der Waals surface area (Å²) in [7, 11) is 0. The first-order valence-electron chi connectivity index (χ1n) is 5.82. The molecule has 0 aliphatic heterocycles. The van der Waals surface area contributed by atoms with Gasteiger partial charge in [0.15, 0.2) is 0 Å². The van der Waals surface area contributed by atoms with Gasteiger partial charge in [0, 0.05) is 22.5 Å². The summed E-state index contributed by atoms with van der Waals surface area (Å²) in [5.41, 5.74) is 2.47. The number of hydrogen-bond donors (Lipinski definition) is 0. The fourth-order valence-corrected chi connectivity index (χ4v) is 2.19. The monoisotopic (exact) mass is 326 g/mol. The molecule has 0 N–H and O–H groups in total. The van der Waals surface area contributed by atoms with E-state index in [0.29, 0.717) is 16.6 Å². The third kappa shape index (κ3) is 3.53. The molecule has 0 fully saturated rings. The van der Waals surface area contributed by atoms with Crippen molar-refractivity contribution in [3.05, 3.63) is 64.7 Å². The standard InChI is InChI=1S/C15H13BrF2O/c1-10-2-5-15(12(6-10)8-16)19-9-11-3-4-13(17)7-14(11)18/h2-7H,8-9H2,1H3. The number of ether oxygens (including phenoxy) is 1. The van der Waals surface area contributed by atoms with Crippen LogP contribution in [0.15, 0.2) is 36.4 Å². The topological polar surface area (TPSA) is 9.23 Å². The first-order valence-corrected chi connectivity index (χ1v) is 6.94. The molecule has 0 radical (unpaired) electrons. The van der Waals surface area contributed by atoms with Gasteiger partial charge in [-0.25, -0.2) is 8.78 Å². The smallest absolute Gasteiger partial charge is 0.132 e. The molecule has 0 unspecified atom stereocenters. The quantitative estimate of drug-likeness (QED) is 0.737. The zero-order chi connectivity index (χ0) is 13.8. The van der Waals surface area contributed by atoms with Crippen LogP contribution in [0.3, 0.4) is 0 Å². The van der Waals surface area contributed by atoms with Gasteiger partial charge in [-0.2, -0.15) is 0 Å². The van der Waals surface area contributed by atoms with E-state index >= 15 is 0 Å². The summed E-state index contributed by atoms with van der Waals surface area (Å²) in [5, 5.41) is 0.663. The Balaban J connectivity index is 2.14. The Bertz CT molecular complexity index is 584. The van der Waals surface area contributed by atoms with E-state index in [1.54, 1.807) is 0 Å². The number of benzene rings is 2. The lowest BCUT2D eigenvalue weighted by Crippen LogP contribution is -2.01. The molecule has 0 saturated heterocycles. The van der Waals surface area contributed by atoms with E-state index in [4.69, 9.17) is 4.74 Å². The highest BCUT2D eigenvalue weighted by Crippen LogP contribution is 2.24. The number of rotatable bonds is 4. The second-order valence-electron chi connectivity index (χ2n) is 4.27. The summed E-state index contributed by atoms with van der Waals surface area (Å²) < 4.78 is 31.9. The molecule has 2 aromatic rings. The third-order valence-corrected chi connectivity index (χ3v) is 3.36. The second kappa shape index (κ2) is 6.15. The molecule has 4 heteroatoms. The number of aryl methyl sites for hydroxylation is 1. The van der Waals surface area contributed by atoms with Crippen LogP contribution in [0.1, 0.15) is 16.7 Å². The Morgan fingerprint density at radius 2 is 1.84 bits per heavy atom. The molecule has 19 heavy (non-hydrogen) atoms. The summed E-state index contributed by atoms with van der Waals surface area (Å²) in [4.78, 5) is 0. The summed E-state index contributed by atoms with van der Waals surface area (Å²) >= 11 is 3.39. The molecule has 100 valence electrons. The molecular weight excluding hydrogens is 314 g/mol. The summed E-state index contributed by atoms with van der Waals surface area (Å²) in [5.74, 6) is -0.476. The highest BCUT2D eigenvalue weighted by atomic mass is 79.9. The second-order valence-corrected chi connectivity index (χ2v) is 4.83. The molecule has 0 saturated carbocycles. The van der Waals surface area contributed by atoms with Gasteiger partial charge in [0.2, 0.25) is 0 Å². The Hall–Kier alpha value is -1.42. The van der Waals surface area contributed by atoms with Crippen LogP contribution in [0.25, 0.3) is 0 Å². The number of hydrogen-bond acceptors (Lipinski definition) is 1. The van der Waals surface area contributed by atoms with Gasteiger partial charge >= 0.3 is 0 Å². The minimum Gasteiger partial charge on any atom is -0.488 e. The van der Waals surface area contributed by atoms with Crippen LogP contribution in [0.4, 0.5) is 8.78 Å². The molecule has 0 amide bonds. The van der Waals surface area contributed by atoms with Gasteiger partial charge in [-0.3, -0.25) is 0 Å². The Kier molecular flexibility index (Phi) is 4.53. The Morgan fingerprint density at radius 1 is 1.05 bits per heavy atom. The zero-order valence-corrected chi connectivity index (χ0v) is 12.0. The van der Waals surface area contributed by atoms with Gasteiger partial charge in [0.1, 0.15) is 24.0 Å². The zero-order valence-electron chi connectivity index (χ0n) is 10.4.